The van der Waals surface area contributed by atoms with Gasteiger partial charge in [-0.05, 0) is 24.9 Å². The summed E-state index contributed by atoms with van der Waals surface area (Å²) < 4.78 is 0. The van der Waals surface area contributed by atoms with Crippen LogP contribution in [-0.2, 0) is 6.54 Å². The second-order valence-corrected chi connectivity index (χ2v) is 5.82. The van der Waals surface area contributed by atoms with Crippen molar-refractivity contribution in [2.24, 2.45) is 10.7 Å². The lowest BCUT2D eigenvalue weighted by atomic mass is 9.85. The molecular weight excluding hydrogens is 264 g/mol. The molecule has 5 nitrogen and oxygen atoms in total. The zero-order valence-corrected chi connectivity index (χ0v) is 12.5. The van der Waals surface area contributed by atoms with Crippen LogP contribution in [0, 0.1) is 0 Å². The smallest absolute Gasteiger partial charge is 0.346 e. The minimum atomic E-state index is -0.376. The van der Waals surface area contributed by atoms with Crippen LogP contribution in [-0.4, -0.2) is 46.8 Å². The van der Waals surface area contributed by atoms with Crippen LogP contribution < -0.4 is 5.73 Å². The summed E-state index contributed by atoms with van der Waals surface area (Å²) in [4.78, 5) is 20.6. The van der Waals surface area contributed by atoms with Crippen molar-refractivity contribution in [1.82, 2.24) is 9.80 Å². The summed E-state index contributed by atoms with van der Waals surface area (Å²) in [5, 5.41) is 0. The standard InChI is InChI=1S/C16H22N4O/c1-2-19-10-8-16(9-11-19)14(17)18-15(21)20(16)12-13-6-4-3-5-7-13/h3-7H,2,8-12H2,1H3,(H2,17,18,21). The molecule has 2 amide bonds. The van der Waals surface area contributed by atoms with Crippen LogP contribution in [0.1, 0.15) is 25.3 Å². The molecule has 1 aromatic rings. The molecule has 1 aromatic carbocycles. The van der Waals surface area contributed by atoms with Gasteiger partial charge in [0.15, 0.2) is 0 Å². The number of piperidine rings is 1. The van der Waals surface area contributed by atoms with E-state index in [2.05, 4.69) is 16.8 Å². The lowest BCUT2D eigenvalue weighted by Gasteiger charge is -2.44. The SMILES string of the molecule is CCN1CCC2(CC1)C(N)=NC(=O)N2Cc1ccccc1. The first-order valence-electron chi connectivity index (χ1n) is 7.58. The average molecular weight is 286 g/mol. The highest BCUT2D eigenvalue weighted by Gasteiger charge is 2.49. The van der Waals surface area contributed by atoms with Gasteiger partial charge in [0.2, 0.25) is 0 Å². The summed E-state index contributed by atoms with van der Waals surface area (Å²) in [6, 6.07) is 9.85. The van der Waals surface area contributed by atoms with E-state index in [4.69, 9.17) is 5.73 Å². The van der Waals surface area contributed by atoms with Crippen molar-refractivity contribution < 1.29 is 4.79 Å². The lowest BCUT2D eigenvalue weighted by molar-refractivity contribution is 0.0991. The number of urea groups is 1. The number of hydrogen-bond acceptors (Lipinski definition) is 3. The number of hydrogen-bond donors (Lipinski definition) is 1. The monoisotopic (exact) mass is 286 g/mol. The van der Waals surface area contributed by atoms with Crippen LogP contribution in [0.4, 0.5) is 4.79 Å². The maximum atomic E-state index is 12.3. The lowest BCUT2D eigenvalue weighted by Crippen LogP contribution is -2.59. The van der Waals surface area contributed by atoms with Crippen LogP contribution >= 0.6 is 0 Å². The third-order valence-corrected chi connectivity index (χ3v) is 4.75. The van der Waals surface area contributed by atoms with Gasteiger partial charge in [-0.15, -0.1) is 0 Å². The highest BCUT2D eigenvalue weighted by Crippen LogP contribution is 2.35. The molecule has 21 heavy (non-hydrogen) atoms. The van der Waals surface area contributed by atoms with E-state index in [1.807, 2.05) is 35.2 Å². The molecule has 5 heteroatoms. The third kappa shape index (κ3) is 2.42. The summed E-state index contributed by atoms with van der Waals surface area (Å²) in [7, 11) is 0. The fraction of sp³-hybridized carbons (Fsp3) is 0.500. The van der Waals surface area contributed by atoms with Gasteiger partial charge in [-0.2, -0.15) is 4.99 Å². The highest BCUT2D eigenvalue weighted by molar-refractivity contribution is 6.05. The third-order valence-electron chi connectivity index (χ3n) is 4.75. The van der Waals surface area contributed by atoms with Crippen molar-refractivity contribution in [1.29, 1.82) is 0 Å². The first-order chi connectivity index (χ1) is 10.2. The maximum Gasteiger partial charge on any atom is 0.346 e. The first kappa shape index (κ1) is 14.1. The summed E-state index contributed by atoms with van der Waals surface area (Å²) >= 11 is 0. The van der Waals surface area contributed by atoms with E-state index >= 15 is 0 Å². The van der Waals surface area contributed by atoms with Crippen LogP contribution in [0.5, 0.6) is 0 Å². The average Bonchev–Trinajstić information content (AvgIpc) is 2.74. The van der Waals surface area contributed by atoms with Gasteiger partial charge in [0, 0.05) is 19.6 Å². The number of nitrogens with zero attached hydrogens (tertiary/aromatic N) is 3. The largest absolute Gasteiger partial charge is 0.385 e. The van der Waals surface area contributed by atoms with Gasteiger partial charge in [0.25, 0.3) is 0 Å². The minimum absolute atomic E-state index is 0.193. The maximum absolute atomic E-state index is 12.3. The number of aliphatic imine (C=N–C) groups is 1. The topological polar surface area (TPSA) is 61.9 Å². The molecule has 2 aliphatic heterocycles. The molecular formula is C16H22N4O. The summed E-state index contributed by atoms with van der Waals surface area (Å²) in [5.41, 5.74) is 6.88. The summed E-state index contributed by atoms with van der Waals surface area (Å²) in [5.74, 6) is 0.499. The number of amidine groups is 1. The molecule has 0 aromatic heterocycles. The van der Waals surface area contributed by atoms with E-state index in [9.17, 15) is 4.79 Å². The van der Waals surface area contributed by atoms with E-state index in [-0.39, 0.29) is 11.6 Å². The van der Waals surface area contributed by atoms with Crippen LogP contribution in [0.25, 0.3) is 0 Å². The molecule has 0 unspecified atom stereocenters. The number of nitrogens with two attached hydrogens (primary N) is 1. The van der Waals surface area contributed by atoms with Crippen molar-refractivity contribution in [3.05, 3.63) is 35.9 Å². The number of likely N-dealkylation sites (tertiary alicyclic amines) is 1. The first-order valence-corrected chi connectivity index (χ1v) is 7.58. The highest BCUT2D eigenvalue weighted by atomic mass is 16.2. The molecule has 0 atom stereocenters. The number of amides is 2. The van der Waals surface area contributed by atoms with E-state index in [0.717, 1.165) is 38.0 Å². The summed E-state index contributed by atoms with van der Waals surface area (Å²) in [6.45, 7) is 5.71. The van der Waals surface area contributed by atoms with Gasteiger partial charge in [0.05, 0.1) is 0 Å². The van der Waals surface area contributed by atoms with E-state index < -0.39 is 0 Å². The number of rotatable bonds is 3. The molecule has 1 fully saturated rings. The molecule has 0 radical (unpaired) electrons. The van der Waals surface area contributed by atoms with Gasteiger partial charge in [0.1, 0.15) is 11.4 Å². The molecule has 0 saturated carbocycles. The van der Waals surface area contributed by atoms with Crippen molar-refractivity contribution in [2.45, 2.75) is 31.8 Å². The van der Waals surface area contributed by atoms with Crippen LogP contribution in [0.3, 0.4) is 0 Å². The Morgan fingerprint density at radius 1 is 1.24 bits per heavy atom. The zero-order valence-electron chi connectivity index (χ0n) is 12.5. The predicted molar refractivity (Wildman–Crippen MR) is 83.1 cm³/mol. The Labute approximate surface area is 125 Å². The van der Waals surface area contributed by atoms with E-state index in [1.165, 1.54) is 0 Å². The Balaban J connectivity index is 1.83. The van der Waals surface area contributed by atoms with Crippen molar-refractivity contribution >= 4 is 11.9 Å². The van der Waals surface area contributed by atoms with Crippen LogP contribution in [0.2, 0.25) is 0 Å². The zero-order chi connectivity index (χ0) is 14.9. The van der Waals surface area contributed by atoms with Gasteiger partial charge in [-0.3, -0.25) is 0 Å². The van der Waals surface area contributed by atoms with Crippen molar-refractivity contribution in [2.75, 3.05) is 19.6 Å². The molecule has 2 aliphatic rings. The van der Waals surface area contributed by atoms with Crippen LogP contribution in [0.15, 0.2) is 35.3 Å². The Kier molecular flexibility index (Phi) is 3.68. The van der Waals surface area contributed by atoms with Gasteiger partial charge < -0.3 is 15.5 Å². The molecule has 0 aliphatic carbocycles. The fourth-order valence-electron chi connectivity index (χ4n) is 3.34. The Hall–Kier alpha value is -1.88. The molecule has 3 rings (SSSR count). The van der Waals surface area contributed by atoms with Gasteiger partial charge >= 0.3 is 6.03 Å². The summed E-state index contributed by atoms with van der Waals surface area (Å²) in [6.07, 6.45) is 1.74. The molecule has 1 spiro atoms. The van der Waals surface area contributed by atoms with Gasteiger partial charge in [-0.25, -0.2) is 4.79 Å². The quantitative estimate of drug-likeness (QED) is 0.922. The normalized spacial score (nSPS) is 21.9. The fourth-order valence-corrected chi connectivity index (χ4v) is 3.34. The number of carbonyl (C=O) groups is 1. The number of benzene rings is 1. The van der Waals surface area contributed by atoms with E-state index in [0.29, 0.717) is 12.4 Å². The second kappa shape index (κ2) is 5.48. The van der Waals surface area contributed by atoms with E-state index in [1.54, 1.807) is 0 Å². The van der Waals surface area contributed by atoms with Crippen molar-refractivity contribution in [3.63, 3.8) is 0 Å². The molecule has 1 saturated heterocycles. The number of carbonyl (C=O) groups excluding carboxylic acids is 1. The molecule has 0 bridgehead atoms. The van der Waals surface area contributed by atoms with Gasteiger partial charge in [-0.1, -0.05) is 37.3 Å². The Bertz CT molecular complexity index is 547. The molecule has 2 heterocycles. The Morgan fingerprint density at radius 3 is 2.52 bits per heavy atom. The Morgan fingerprint density at radius 2 is 1.90 bits per heavy atom. The molecule has 112 valence electrons. The predicted octanol–water partition coefficient (Wildman–Crippen LogP) is 1.83. The van der Waals surface area contributed by atoms with Crippen molar-refractivity contribution in [3.8, 4) is 0 Å². The second-order valence-electron chi connectivity index (χ2n) is 5.82. The minimum Gasteiger partial charge on any atom is -0.385 e. The molecule has 2 N–H and O–H groups in total.